The van der Waals surface area contributed by atoms with Crippen LogP contribution in [0.1, 0.15) is 32.4 Å². The Balaban J connectivity index is 2.41. The van der Waals surface area contributed by atoms with Crippen LogP contribution < -0.4 is 5.32 Å². The number of sulfone groups is 1. The Labute approximate surface area is 96.8 Å². The van der Waals surface area contributed by atoms with Gasteiger partial charge in [0.15, 0.2) is 9.84 Å². The Morgan fingerprint density at radius 2 is 1.88 bits per heavy atom. The highest BCUT2D eigenvalue weighted by molar-refractivity contribution is 7.91. The minimum atomic E-state index is -3.09. The van der Waals surface area contributed by atoms with Gasteiger partial charge >= 0.3 is 0 Å². The molecule has 0 radical (unpaired) electrons. The number of nitrogens with one attached hydrogen (secondary N) is 1. The van der Waals surface area contributed by atoms with Crippen LogP contribution in [0.15, 0.2) is 29.2 Å². The van der Waals surface area contributed by atoms with E-state index in [2.05, 4.69) is 5.32 Å². The molecule has 1 aromatic carbocycles. The van der Waals surface area contributed by atoms with E-state index >= 15 is 0 Å². The Morgan fingerprint density at radius 1 is 1.25 bits per heavy atom. The molecular formula is C12H17NO2S. The van der Waals surface area contributed by atoms with Gasteiger partial charge in [0.05, 0.1) is 10.6 Å². The third-order valence-corrected chi connectivity index (χ3v) is 4.44. The molecule has 1 atom stereocenters. The van der Waals surface area contributed by atoms with Crippen molar-refractivity contribution in [3.63, 3.8) is 0 Å². The van der Waals surface area contributed by atoms with Crippen molar-refractivity contribution < 1.29 is 8.42 Å². The van der Waals surface area contributed by atoms with E-state index in [1.165, 1.54) is 0 Å². The lowest BCUT2D eigenvalue weighted by Crippen LogP contribution is -2.39. The zero-order valence-electron chi connectivity index (χ0n) is 9.82. The van der Waals surface area contributed by atoms with Crippen LogP contribution in [0, 0.1) is 0 Å². The molecule has 2 rings (SSSR count). The normalized spacial score (nSPS) is 23.1. The molecule has 3 nitrogen and oxygen atoms in total. The number of fused-ring (bicyclic) bond motifs is 1. The summed E-state index contributed by atoms with van der Waals surface area (Å²) in [5.41, 5.74) is 0.815. The largest absolute Gasteiger partial charge is 0.304 e. The average Bonchev–Trinajstić information content (AvgIpc) is 2.37. The van der Waals surface area contributed by atoms with Crippen molar-refractivity contribution in [3.8, 4) is 0 Å². The Hall–Kier alpha value is -0.870. The third kappa shape index (κ3) is 2.13. The van der Waals surface area contributed by atoms with Crippen molar-refractivity contribution in [1.82, 2.24) is 5.32 Å². The number of hydrogen-bond acceptors (Lipinski definition) is 3. The van der Waals surface area contributed by atoms with Gasteiger partial charge in [0.1, 0.15) is 0 Å². The Kier molecular flexibility index (Phi) is 2.59. The van der Waals surface area contributed by atoms with E-state index in [0.717, 1.165) is 5.56 Å². The summed E-state index contributed by atoms with van der Waals surface area (Å²) in [5.74, 6) is 0.170. The molecule has 0 aromatic heterocycles. The van der Waals surface area contributed by atoms with Crippen LogP contribution in [0.2, 0.25) is 0 Å². The molecule has 0 spiro atoms. The van der Waals surface area contributed by atoms with Gasteiger partial charge in [0.25, 0.3) is 0 Å². The summed E-state index contributed by atoms with van der Waals surface area (Å²) in [5, 5.41) is 3.35. The van der Waals surface area contributed by atoms with Crippen molar-refractivity contribution in [2.24, 2.45) is 0 Å². The van der Waals surface area contributed by atoms with Crippen LogP contribution in [-0.4, -0.2) is 19.7 Å². The molecule has 1 aliphatic heterocycles. The van der Waals surface area contributed by atoms with Crippen LogP contribution in [0.5, 0.6) is 0 Å². The van der Waals surface area contributed by atoms with E-state index in [4.69, 9.17) is 0 Å². The van der Waals surface area contributed by atoms with Gasteiger partial charge in [-0.25, -0.2) is 8.42 Å². The predicted octanol–water partition coefficient (Wildman–Crippen LogP) is 1.90. The van der Waals surface area contributed by atoms with Crippen LogP contribution in [0.25, 0.3) is 0 Å². The fourth-order valence-corrected chi connectivity index (χ4v) is 3.83. The monoisotopic (exact) mass is 239 g/mol. The summed E-state index contributed by atoms with van der Waals surface area (Å²) in [6.07, 6.45) is 0. The first kappa shape index (κ1) is 11.6. The average molecular weight is 239 g/mol. The zero-order valence-corrected chi connectivity index (χ0v) is 10.6. The van der Waals surface area contributed by atoms with E-state index < -0.39 is 9.84 Å². The third-order valence-electron chi connectivity index (χ3n) is 2.62. The van der Waals surface area contributed by atoms with Crippen molar-refractivity contribution in [2.45, 2.75) is 37.2 Å². The topological polar surface area (TPSA) is 46.2 Å². The number of hydrogen-bond donors (Lipinski definition) is 1. The molecule has 0 amide bonds. The summed E-state index contributed by atoms with van der Waals surface area (Å²) >= 11 is 0. The van der Waals surface area contributed by atoms with E-state index in [1.54, 1.807) is 12.1 Å². The van der Waals surface area contributed by atoms with Crippen LogP contribution in [0.3, 0.4) is 0 Å². The van der Waals surface area contributed by atoms with Gasteiger partial charge < -0.3 is 5.32 Å². The van der Waals surface area contributed by atoms with Crippen molar-refractivity contribution >= 4 is 9.84 Å². The maximum Gasteiger partial charge on any atom is 0.180 e. The highest BCUT2D eigenvalue weighted by atomic mass is 32.2. The molecule has 1 aliphatic rings. The SMILES string of the molecule is CC(C)(C)NC1CS(=O)(=O)c2ccccc21. The van der Waals surface area contributed by atoms with Gasteiger partial charge in [0.2, 0.25) is 0 Å². The summed E-state index contributed by atoms with van der Waals surface area (Å²) in [7, 11) is -3.09. The van der Waals surface area contributed by atoms with E-state index in [-0.39, 0.29) is 17.3 Å². The van der Waals surface area contributed by atoms with Gasteiger partial charge in [0, 0.05) is 11.6 Å². The van der Waals surface area contributed by atoms with Gasteiger partial charge in [-0.05, 0) is 32.4 Å². The first-order chi connectivity index (χ1) is 7.30. The molecule has 1 heterocycles. The van der Waals surface area contributed by atoms with Crippen molar-refractivity contribution in [3.05, 3.63) is 29.8 Å². The molecular weight excluding hydrogens is 222 g/mol. The number of benzene rings is 1. The lowest BCUT2D eigenvalue weighted by molar-refractivity contribution is 0.381. The molecule has 16 heavy (non-hydrogen) atoms. The lowest BCUT2D eigenvalue weighted by atomic mass is 10.0. The fourth-order valence-electron chi connectivity index (χ4n) is 2.09. The molecule has 1 unspecified atom stereocenters. The minimum Gasteiger partial charge on any atom is -0.304 e. The maximum absolute atomic E-state index is 11.9. The van der Waals surface area contributed by atoms with Gasteiger partial charge in [-0.15, -0.1) is 0 Å². The van der Waals surface area contributed by atoms with Gasteiger partial charge in [-0.1, -0.05) is 18.2 Å². The Morgan fingerprint density at radius 3 is 2.50 bits per heavy atom. The quantitative estimate of drug-likeness (QED) is 0.814. The van der Waals surface area contributed by atoms with Crippen LogP contribution >= 0.6 is 0 Å². The maximum atomic E-state index is 11.9. The summed E-state index contributed by atoms with van der Waals surface area (Å²) in [6, 6.07) is 7.16. The van der Waals surface area contributed by atoms with Gasteiger partial charge in [-0.3, -0.25) is 0 Å². The second kappa shape index (κ2) is 3.57. The van der Waals surface area contributed by atoms with E-state index in [9.17, 15) is 8.42 Å². The molecule has 0 bridgehead atoms. The molecule has 88 valence electrons. The highest BCUT2D eigenvalue weighted by Crippen LogP contribution is 2.33. The van der Waals surface area contributed by atoms with Gasteiger partial charge in [-0.2, -0.15) is 0 Å². The minimum absolute atomic E-state index is 0.0822. The molecule has 1 aromatic rings. The fraction of sp³-hybridized carbons (Fsp3) is 0.500. The first-order valence-corrected chi connectivity index (χ1v) is 7.04. The van der Waals surface area contributed by atoms with Crippen molar-refractivity contribution in [2.75, 3.05) is 5.75 Å². The zero-order chi connectivity index (χ0) is 12.0. The highest BCUT2D eigenvalue weighted by Gasteiger charge is 2.35. The van der Waals surface area contributed by atoms with E-state index in [0.29, 0.717) is 4.90 Å². The molecule has 0 aliphatic carbocycles. The molecule has 4 heteroatoms. The van der Waals surface area contributed by atoms with E-state index in [1.807, 2.05) is 32.9 Å². The summed E-state index contributed by atoms with van der Waals surface area (Å²) in [6.45, 7) is 6.13. The first-order valence-electron chi connectivity index (χ1n) is 5.39. The molecule has 0 saturated heterocycles. The second-order valence-electron chi connectivity index (χ2n) is 5.27. The lowest BCUT2D eigenvalue weighted by Gasteiger charge is -2.25. The molecule has 1 N–H and O–H groups in total. The van der Waals surface area contributed by atoms with Crippen LogP contribution in [0.4, 0.5) is 0 Å². The molecule has 0 saturated carbocycles. The summed E-state index contributed by atoms with van der Waals surface area (Å²) in [4.78, 5) is 0.483. The van der Waals surface area contributed by atoms with Crippen LogP contribution in [-0.2, 0) is 9.84 Å². The second-order valence-corrected chi connectivity index (χ2v) is 7.27. The Bertz CT molecular complexity index is 500. The summed E-state index contributed by atoms with van der Waals surface area (Å²) < 4.78 is 23.8. The number of rotatable bonds is 1. The standard InChI is InChI=1S/C12H17NO2S/c1-12(2,3)13-10-8-16(14,15)11-7-5-4-6-9(10)11/h4-7,10,13H,8H2,1-3H3. The van der Waals surface area contributed by atoms with Crippen molar-refractivity contribution in [1.29, 1.82) is 0 Å². The smallest absolute Gasteiger partial charge is 0.180 e. The predicted molar refractivity (Wildman–Crippen MR) is 64.1 cm³/mol. The molecule has 0 fully saturated rings.